The number of nitrogens with one attached hydrogen (secondary N) is 1. The number of aromatic nitrogens is 5. The molecule has 0 saturated carbocycles. The van der Waals surface area contributed by atoms with Gasteiger partial charge in [0.2, 0.25) is 0 Å². The van der Waals surface area contributed by atoms with E-state index in [-0.39, 0.29) is 6.04 Å². The second-order valence-electron chi connectivity index (χ2n) is 5.93. The van der Waals surface area contributed by atoms with Crippen molar-refractivity contribution in [1.29, 1.82) is 0 Å². The molecule has 7 heteroatoms. The Morgan fingerprint density at radius 1 is 1.21 bits per heavy atom. The van der Waals surface area contributed by atoms with Crippen LogP contribution in [0.3, 0.4) is 0 Å². The third kappa shape index (κ3) is 3.68. The molecule has 0 aliphatic rings. The lowest BCUT2D eigenvalue weighted by Crippen LogP contribution is -2.20. The molecule has 1 aromatic carbocycles. The minimum atomic E-state index is 0.289. The molecule has 7 nitrogen and oxygen atoms in total. The molecule has 2 heterocycles. The van der Waals surface area contributed by atoms with Gasteiger partial charge in [-0.25, -0.2) is 4.68 Å². The van der Waals surface area contributed by atoms with Gasteiger partial charge in [-0.2, -0.15) is 0 Å². The molecule has 3 rings (SSSR count). The van der Waals surface area contributed by atoms with Crippen LogP contribution in [0.2, 0.25) is 0 Å². The van der Waals surface area contributed by atoms with Crippen molar-refractivity contribution in [2.24, 2.45) is 0 Å². The number of benzene rings is 1. The fourth-order valence-corrected chi connectivity index (χ4v) is 2.76. The highest BCUT2D eigenvalue weighted by molar-refractivity contribution is 5.34. The molecule has 0 spiro atoms. The van der Waals surface area contributed by atoms with Crippen LogP contribution in [0, 0.1) is 13.8 Å². The molecule has 2 aromatic heterocycles. The van der Waals surface area contributed by atoms with Crippen molar-refractivity contribution in [2.75, 3.05) is 6.54 Å². The average molecular weight is 326 g/mol. The minimum Gasteiger partial charge on any atom is -0.361 e. The lowest BCUT2D eigenvalue weighted by atomic mass is 10.1. The van der Waals surface area contributed by atoms with Gasteiger partial charge in [0.25, 0.3) is 0 Å². The number of hydrogen-bond donors (Lipinski definition) is 1. The van der Waals surface area contributed by atoms with Gasteiger partial charge in [0.1, 0.15) is 12.1 Å². The van der Waals surface area contributed by atoms with Crippen molar-refractivity contribution in [3.8, 4) is 5.69 Å². The van der Waals surface area contributed by atoms with Crippen molar-refractivity contribution in [3.05, 3.63) is 53.2 Å². The SMILES string of the molecule is Cc1noc(C)c1CCCN[C@H](C)c1ccc(-n2cnnn2)cc1. The van der Waals surface area contributed by atoms with Gasteiger partial charge < -0.3 is 9.84 Å². The Kier molecular flexibility index (Phi) is 5.00. The molecule has 0 saturated heterocycles. The summed E-state index contributed by atoms with van der Waals surface area (Å²) in [6, 6.07) is 8.53. The zero-order valence-electron chi connectivity index (χ0n) is 14.2. The highest BCUT2D eigenvalue weighted by Crippen LogP contribution is 2.16. The van der Waals surface area contributed by atoms with Gasteiger partial charge in [-0.15, -0.1) is 5.10 Å². The summed E-state index contributed by atoms with van der Waals surface area (Å²) in [5, 5.41) is 18.7. The topological polar surface area (TPSA) is 81.7 Å². The number of nitrogens with zero attached hydrogens (tertiary/aromatic N) is 5. The third-order valence-corrected chi connectivity index (χ3v) is 4.24. The van der Waals surface area contributed by atoms with Gasteiger partial charge in [-0.1, -0.05) is 17.3 Å². The van der Waals surface area contributed by atoms with Gasteiger partial charge in [0.05, 0.1) is 11.4 Å². The predicted octanol–water partition coefficient (Wildman–Crippen LogP) is 2.55. The number of rotatable bonds is 7. The Balaban J connectivity index is 1.49. The Morgan fingerprint density at radius 3 is 2.62 bits per heavy atom. The van der Waals surface area contributed by atoms with E-state index < -0.39 is 0 Å². The van der Waals surface area contributed by atoms with E-state index in [1.54, 1.807) is 11.0 Å². The van der Waals surface area contributed by atoms with Crippen molar-refractivity contribution in [1.82, 2.24) is 30.7 Å². The van der Waals surface area contributed by atoms with Crippen LogP contribution < -0.4 is 5.32 Å². The van der Waals surface area contributed by atoms with E-state index in [0.717, 1.165) is 36.5 Å². The zero-order chi connectivity index (χ0) is 16.9. The lowest BCUT2D eigenvalue weighted by Gasteiger charge is -2.14. The van der Waals surface area contributed by atoms with E-state index in [4.69, 9.17) is 4.52 Å². The average Bonchev–Trinajstić information content (AvgIpc) is 3.23. The summed E-state index contributed by atoms with van der Waals surface area (Å²) >= 11 is 0. The molecule has 0 amide bonds. The van der Waals surface area contributed by atoms with Crippen LogP contribution in [0.4, 0.5) is 0 Å². The van der Waals surface area contributed by atoms with Crippen LogP contribution in [0.1, 0.15) is 42.0 Å². The monoisotopic (exact) mass is 326 g/mol. The standard InChI is InChI=1S/C17H22N6O/c1-12(18-10-4-5-17-13(2)20-24-14(17)3)15-6-8-16(9-7-15)23-11-19-21-22-23/h6-9,11-12,18H,4-5,10H2,1-3H3/t12-/m1/s1. The molecule has 0 fully saturated rings. The second-order valence-corrected chi connectivity index (χ2v) is 5.93. The molecule has 0 radical (unpaired) electrons. The van der Waals surface area contributed by atoms with Crippen LogP contribution >= 0.6 is 0 Å². The van der Waals surface area contributed by atoms with Gasteiger partial charge in [0.15, 0.2) is 0 Å². The fraction of sp³-hybridized carbons (Fsp3) is 0.412. The second kappa shape index (κ2) is 7.35. The third-order valence-electron chi connectivity index (χ3n) is 4.24. The summed E-state index contributed by atoms with van der Waals surface area (Å²) in [7, 11) is 0. The normalized spacial score (nSPS) is 12.5. The van der Waals surface area contributed by atoms with Crippen molar-refractivity contribution in [3.63, 3.8) is 0 Å². The van der Waals surface area contributed by atoms with Gasteiger partial charge >= 0.3 is 0 Å². The van der Waals surface area contributed by atoms with E-state index in [1.807, 2.05) is 26.0 Å². The maximum absolute atomic E-state index is 5.20. The largest absolute Gasteiger partial charge is 0.361 e. The quantitative estimate of drug-likeness (QED) is 0.672. The predicted molar refractivity (Wildman–Crippen MR) is 89.9 cm³/mol. The van der Waals surface area contributed by atoms with Gasteiger partial charge in [0, 0.05) is 11.6 Å². The Morgan fingerprint density at radius 2 is 2.00 bits per heavy atom. The molecule has 126 valence electrons. The Labute approximate surface area is 141 Å². The molecular weight excluding hydrogens is 304 g/mol. The molecule has 0 bridgehead atoms. The first kappa shape index (κ1) is 16.3. The first-order chi connectivity index (χ1) is 11.6. The van der Waals surface area contributed by atoms with Gasteiger partial charge in [-0.3, -0.25) is 0 Å². The molecule has 24 heavy (non-hydrogen) atoms. The van der Waals surface area contributed by atoms with Crippen LogP contribution in [0.5, 0.6) is 0 Å². The Hall–Kier alpha value is -2.54. The highest BCUT2D eigenvalue weighted by Gasteiger charge is 2.09. The summed E-state index contributed by atoms with van der Waals surface area (Å²) in [4.78, 5) is 0. The molecule has 0 unspecified atom stereocenters. The fourth-order valence-electron chi connectivity index (χ4n) is 2.76. The first-order valence-electron chi connectivity index (χ1n) is 8.13. The number of tetrazole rings is 1. The molecule has 0 aliphatic heterocycles. The summed E-state index contributed by atoms with van der Waals surface area (Å²) in [6.07, 6.45) is 3.63. The summed E-state index contributed by atoms with van der Waals surface area (Å²) in [5.41, 5.74) is 4.42. The first-order valence-corrected chi connectivity index (χ1v) is 8.13. The van der Waals surface area contributed by atoms with E-state index in [0.29, 0.717) is 0 Å². The van der Waals surface area contributed by atoms with E-state index in [2.05, 4.69) is 45.1 Å². The molecule has 0 aliphatic carbocycles. The summed E-state index contributed by atoms with van der Waals surface area (Å²) in [6.45, 7) is 7.08. The van der Waals surface area contributed by atoms with E-state index in [1.165, 1.54) is 11.1 Å². The van der Waals surface area contributed by atoms with Crippen LogP contribution in [0.15, 0.2) is 35.1 Å². The maximum atomic E-state index is 5.20. The summed E-state index contributed by atoms with van der Waals surface area (Å²) < 4.78 is 6.84. The van der Waals surface area contributed by atoms with Crippen LogP contribution in [-0.4, -0.2) is 31.9 Å². The molecule has 1 atom stereocenters. The maximum Gasteiger partial charge on any atom is 0.143 e. The van der Waals surface area contributed by atoms with Crippen molar-refractivity contribution >= 4 is 0 Å². The summed E-state index contributed by atoms with van der Waals surface area (Å²) in [5.74, 6) is 0.929. The van der Waals surface area contributed by atoms with Gasteiger partial charge in [-0.05, 0) is 68.3 Å². The minimum absolute atomic E-state index is 0.289. The van der Waals surface area contributed by atoms with E-state index >= 15 is 0 Å². The van der Waals surface area contributed by atoms with Crippen LogP contribution in [-0.2, 0) is 6.42 Å². The molecule has 3 aromatic rings. The van der Waals surface area contributed by atoms with E-state index in [9.17, 15) is 0 Å². The zero-order valence-corrected chi connectivity index (χ0v) is 14.2. The molecular formula is C17H22N6O. The smallest absolute Gasteiger partial charge is 0.143 e. The lowest BCUT2D eigenvalue weighted by molar-refractivity contribution is 0.392. The number of aryl methyl sites for hydroxylation is 2. The highest BCUT2D eigenvalue weighted by atomic mass is 16.5. The number of hydrogen-bond acceptors (Lipinski definition) is 6. The van der Waals surface area contributed by atoms with Crippen molar-refractivity contribution in [2.45, 2.75) is 39.7 Å². The van der Waals surface area contributed by atoms with Crippen molar-refractivity contribution < 1.29 is 4.52 Å². The van der Waals surface area contributed by atoms with Crippen LogP contribution in [0.25, 0.3) is 5.69 Å². The molecule has 1 N–H and O–H groups in total. The Bertz CT molecular complexity index is 743.